The second-order valence-corrected chi connectivity index (χ2v) is 11.1. The Bertz CT molecular complexity index is 1420. The van der Waals surface area contributed by atoms with Crippen LogP contribution in [0.15, 0.2) is 72.8 Å². The number of nitrogens with one attached hydrogen (secondary N) is 1. The fourth-order valence-corrected chi connectivity index (χ4v) is 5.29. The molecule has 8 nitrogen and oxygen atoms in total. The predicted octanol–water partition coefficient (Wildman–Crippen LogP) is 3.91. The topological polar surface area (TPSA) is 96.0 Å². The summed E-state index contributed by atoms with van der Waals surface area (Å²) in [6.07, 6.45) is 1.19. The van der Waals surface area contributed by atoms with Crippen LogP contribution in [0.25, 0.3) is 0 Å². The zero-order valence-corrected chi connectivity index (χ0v) is 23.5. The van der Waals surface area contributed by atoms with Crippen LogP contribution in [0.3, 0.4) is 0 Å². The molecule has 0 aliphatic heterocycles. The van der Waals surface area contributed by atoms with E-state index in [1.54, 1.807) is 18.2 Å². The van der Waals surface area contributed by atoms with Crippen molar-refractivity contribution in [1.29, 1.82) is 0 Å². The number of carbonyl (C=O) groups is 2. The summed E-state index contributed by atoms with van der Waals surface area (Å²) in [6.45, 7) is -0.0358. The molecule has 3 rings (SSSR count). The van der Waals surface area contributed by atoms with Gasteiger partial charge in [-0.1, -0.05) is 42.5 Å². The minimum Gasteiger partial charge on any atom is -0.497 e. The summed E-state index contributed by atoms with van der Waals surface area (Å²) in [4.78, 5) is 28.2. The van der Waals surface area contributed by atoms with Crippen molar-refractivity contribution in [2.75, 3.05) is 31.3 Å². The maximum absolute atomic E-state index is 13.8. The van der Waals surface area contributed by atoms with E-state index in [4.69, 9.17) is 4.74 Å². The molecule has 3 aromatic carbocycles. The van der Waals surface area contributed by atoms with Gasteiger partial charge in [0.2, 0.25) is 21.8 Å². The number of rotatable bonds is 13. The Labute approximate surface area is 233 Å². The number of sulfonamides is 1. The van der Waals surface area contributed by atoms with Gasteiger partial charge in [0, 0.05) is 39.0 Å². The lowest BCUT2D eigenvalue weighted by atomic mass is 10.0. The van der Waals surface area contributed by atoms with Gasteiger partial charge in [-0.05, 0) is 41.8 Å². The first-order chi connectivity index (χ1) is 19.0. The van der Waals surface area contributed by atoms with Gasteiger partial charge in [-0.15, -0.1) is 0 Å². The molecule has 0 spiro atoms. The molecular weight excluding hydrogens is 540 g/mol. The fourth-order valence-electron chi connectivity index (χ4n) is 4.33. The molecule has 0 saturated carbocycles. The number of hydrogen-bond acceptors (Lipinski definition) is 5. The molecule has 1 atom stereocenters. The molecule has 214 valence electrons. The maximum Gasteiger partial charge on any atom is 0.242 e. The van der Waals surface area contributed by atoms with E-state index in [0.29, 0.717) is 5.75 Å². The lowest BCUT2D eigenvalue weighted by Crippen LogP contribution is -2.49. The summed E-state index contributed by atoms with van der Waals surface area (Å²) >= 11 is 0. The molecule has 2 amide bonds. The van der Waals surface area contributed by atoms with Crippen molar-refractivity contribution in [2.45, 2.75) is 31.8 Å². The van der Waals surface area contributed by atoms with Crippen molar-refractivity contribution in [3.63, 3.8) is 0 Å². The van der Waals surface area contributed by atoms with Gasteiger partial charge in [0.05, 0.1) is 19.1 Å². The number of hydrogen-bond donors (Lipinski definition) is 1. The Morgan fingerprint density at radius 2 is 1.65 bits per heavy atom. The third-order valence-electron chi connectivity index (χ3n) is 6.35. The zero-order valence-electron chi connectivity index (χ0n) is 22.6. The van der Waals surface area contributed by atoms with E-state index in [0.717, 1.165) is 39.9 Å². The van der Waals surface area contributed by atoms with Crippen LogP contribution in [0.4, 0.5) is 14.5 Å². The molecule has 0 unspecified atom stereocenters. The Morgan fingerprint density at radius 3 is 2.27 bits per heavy atom. The highest BCUT2D eigenvalue weighted by molar-refractivity contribution is 7.92. The largest absolute Gasteiger partial charge is 0.497 e. The molecule has 0 aliphatic rings. The number of ether oxygens (including phenoxy) is 1. The van der Waals surface area contributed by atoms with E-state index in [9.17, 15) is 26.8 Å². The average Bonchev–Trinajstić information content (AvgIpc) is 2.94. The lowest BCUT2D eigenvalue weighted by Gasteiger charge is -2.31. The highest BCUT2D eigenvalue weighted by Gasteiger charge is 2.30. The smallest absolute Gasteiger partial charge is 0.242 e. The first-order valence-corrected chi connectivity index (χ1v) is 14.5. The molecule has 0 radical (unpaired) electrons. The van der Waals surface area contributed by atoms with Gasteiger partial charge < -0.3 is 15.0 Å². The standard InChI is InChI=1S/C29H33F2N3O5S/c1-32-29(36)27(18-21-9-5-4-6-10-21)33(20-22-11-7-12-24(17-22)39-2)28(35)13-8-16-34(40(3,37)38)23-14-15-25(30)26(31)19-23/h4-7,9-12,14-15,17,19,27H,8,13,16,18,20H2,1-3H3,(H,32,36)/t27-/m0/s1. The predicted molar refractivity (Wildman–Crippen MR) is 149 cm³/mol. The van der Waals surface area contributed by atoms with E-state index in [1.165, 1.54) is 19.1 Å². The third kappa shape index (κ3) is 8.25. The summed E-state index contributed by atoms with van der Waals surface area (Å²) < 4.78 is 58.3. The first kappa shape index (κ1) is 30.6. The second-order valence-electron chi connectivity index (χ2n) is 9.23. The highest BCUT2D eigenvalue weighted by Crippen LogP contribution is 2.23. The monoisotopic (exact) mass is 573 g/mol. The van der Waals surface area contributed by atoms with Crippen LogP contribution in [0.1, 0.15) is 24.0 Å². The van der Waals surface area contributed by atoms with Crippen molar-refractivity contribution in [3.05, 3.63) is 95.6 Å². The Balaban J connectivity index is 1.86. The van der Waals surface area contributed by atoms with Gasteiger partial charge >= 0.3 is 0 Å². The number of amides is 2. The number of nitrogens with zero attached hydrogens (tertiary/aromatic N) is 2. The maximum atomic E-state index is 13.8. The van der Waals surface area contributed by atoms with Crippen molar-refractivity contribution in [1.82, 2.24) is 10.2 Å². The van der Waals surface area contributed by atoms with Crippen molar-refractivity contribution < 1.29 is 31.5 Å². The molecule has 0 heterocycles. The van der Waals surface area contributed by atoms with Crippen molar-refractivity contribution in [2.24, 2.45) is 0 Å². The molecule has 0 fully saturated rings. The number of methoxy groups -OCH3 is 1. The normalized spacial score (nSPS) is 11.9. The van der Waals surface area contributed by atoms with E-state index < -0.39 is 27.7 Å². The molecular formula is C29H33F2N3O5S. The Morgan fingerprint density at radius 1 is 0.950 bits per heavy atom. The van der Waals surface area contributed by atoms with Crippen LogP contribution in [0.2, 0.25) is 0 Å². The summed E-state index contributed by atoms with van der Waals surface area (Å²) in [5.41, 5.74) is 1.56. The molecule has 11 heteroatoms. The van der Waals surface area contributed by atoms with Crippen LogP contribution < -0.4 is 14.4 Å². The Kier molecular flexibility index (Phi) is 10.6. The number of halogens is 2. The third-order valence-corrected chi connectivity index (χ3v) is 7.54. The quantitative estimate of drug-likeness (QED) is 0.335. The fraction of sp³-hybridized carbons (Fsp3) is 0.310. The molecule has 1 N–H and O–H groups in total. The van der Waals surface area contributed by atoms with Crippen LogP contribution in [0, 0.1) is 11.6 Å². The molecule has 3 aromatic rings. The van der Waals surface area contributed by atoms with Crippen LogP contribution in [0.5, 0.6) is 5.75 Å². The van der Waals surface area contributed by atoms with Gasteiger partial charge in [0.15, 0.2) is 11.6 Å². The van der Waals surface area contributed by atoms with Crippen molar-refractivity contribution >= 4 is 27.5 Å². The van der Waals surface area contributed by atoms with Crippen LogP contribution in [-0.4, -0.2) is 58.1 Å². The van der Waals surface area contributed by atoms with Crippen LogP contribution >= 0.6 is 0 Å². The molecule has 40 heavy (non-hydrogen) atoms. The van der Waals surface area contributed by atoms with Crippen molar-refractivity contribution in [3.8, 4) is 5.75 Å². The lowest BCUT2D eigenvalue weighted by molar-refractivity contribution is -0.141. The van der Waals surface area contributed by atoms with E-state index in [1.807, 2.05) is 36.4 Å². The van der Waals surface area contributed by atoms with Gasteiger partial charge in [0.1, 0.15) is 11.8 Å². The summed E-state index contributed by atoms with van der Waals surface area (Å²) in [5, 5.41) is 2.64. The van der Waals surface area contributed by atoms with Gasteiger partial charge in [-0.2, -0.15) is 0 Å². The average molecular weight is 574 g/mol. The highest BCUT2D eigenvalue weighted by atomic mass is 32.2. The summed E-state index contributed by atoms with van der Waals surface area (Å²) in [5.74, 6) is -2.40. The molecule has 0 saturated heterocycles. The summed E-state index contributed by atoms with van der Waals surface area (Å²) in [6, 6.07) is 18.4. The number of likely N-dealkylation sites (N-methyl/N-ethyl adjacent to an activating group) is 1. The van der Waals surface area contributed by atoms with Gasteiger partial charge in [-0.25, -0.2) is 17.2 Å². The van der Waals surface area contributed by atoms with E-state index >= 15 is 0 Å². The van der Waals surface area contributed by atoms with E-state index in [-0.39, 0.29) is 49.9 Å². The van der Waals surface area contributed by atoms with Gasteiger partial charge in [-0.3, -0.25) is 13.9 Å². The molecule has 0 aliphatic carbocycles. The Hall–Kier alpha value is -3.99. The number of carbonyl (C=O) groups excluding carboxylic acids is 2. The number of anilines is 1. The molecule has 0 aromatic heterocycles. The zero-order chi connectivity index (χ0) is 29.3. The van der Waals surface area contributed by atoms with Crippen LogP contribution in [-0.2, 0) is 32.6 Å². The second kappa shape index (κ2) is 13.9. The summed E-state index contributed by atoms with van der Waals surface area (Å²) in [7, 11) is -0.822. The SMILES string of the molecule is CNC(=O)[C@H](Cc1ccccc1)N(Cc1cccc(OC)c1)C(=O)CCCN(c1ccc(F)c(F)c1)S(C)(=O)=O. The minimum atomic E-state index is -3.86. The minimum absolute atomic E-state index is 0.0469. The number of benzene rings is 3. The van der Waals surface area contributed by atoms with Gasteiger partial charge in [0.25, 0.3) is 0 Å². The van der Waals surface area contributed by atoms with E-state index in [2.05, 4.69) is 5.32 Å². The first-order valence-electron chi connectivity index (χ1n) is 12.6. The molecule has 0 bridgehead atoms.